The molecule has 2 aromatic rings. The van der Waals surface area contributed by atoms with Crippen molar-refractivity contribution in [3.05, 3.63) is 58.7 Å². The molecular weight excluding hydrogens is 416 g/mol. The van der Waals surface area contributed by atoms with Crippen molar-refractivity contribution in [3.63, 3.8) is 0 Å². The van der Waals surface area contributed by atoms with Crippen molar-refractivity contribution in [2.24, 2.45) is 0 Å². The van der Waals surface area contributed by atoms with E-state index in [-0.39, 0.29) is 29.3 Å². The van der Waals surface area contributed by atoms with Crippen LogP contribution in [-0.2, 0) is 22.4 Å². The molecule has 12 heteroatoms. The van der Waals surface area contributed by atoms with Crippen LogP contribution in [0.2, 0.25) is 0 Å². The minimum atomic E-state index is -5.15. The standard InChI is InChI=1S/C16H11F6NO4S/c1-8-2-3-12(7-13(8)14(24)25)28(26,27)23-11-5-9(15(17,18)19)4-10(6-11)16(20,21)22/h2-7,23H,1H3,(H,24,25). The molecule has 0 aliphatic rings. The number of carboxylic acids is 1. The molecule has 0 aromatic heterocycles. The van der Waals surface area contributed by atoms with Crippen molar-refractivity contribution >= 4 is 21.7 Å². The van der Waals surface area contributed by atoms with Crippen LogP contribution in [0.25, 0.3) is 0 Å². The highest BCUT2D eigenvalue weighted by atomic mass is 32.2. The Morgan fingerprint density at radius 3 is 1.86 bits per heavy atom. The van der Waals surface area contributed by atoms with Crippen LogP contribution in [0.5, 0.6) is 0 Å². The molecule has 0 fully saturated rings. The summed E-state index contributed by atoms with van der Waals surface area (Å²) in [6, 6.07) is 3.14. The fraction of sp³-hybridized carbons (Fsp3) is 0.188. The highest BCUT2D eigenvalue weighted by Crippen LogP contribution is 2.38. The lowest BCUT2D eigenvalue weighted by molar-refractivity contribution is -0.143. The second-order valence-electron chi connectivity index (χ2n) is 5.68. The zero-order chi connectivity index (χ0) is 21.5. The molecule has 2 aromatic carbocycles. The number of carboxylic acid groups (broad SMARTS) is 1. The maximum absolute atomic E-state index is 12.9. The van der Waals surface area contributed by atoms with E-state index in [1.165, 1.54) is 6.92 Å². The summed E-state index contributed by atoms with van der Waals surface area (Å²) in [6.07, 6.45) is -10.3. The maximum Gasteiger partial charge on any atom is 0.416 e. The number of carbonyl (C=O) groups is 1. The molecule has 2 rings (SSSR count). The highest BCUT2D eigenvalue weighted by molar-refractivity contribution is 7.92. The predicted molar refractivity (Wildman–Crippen MR) is 85.4 cm³/mol. The number of nitrogens with one attached hydrogen (secondary N) is 1. The molecule has 28 heavy (non-hydrogen) atoms. The molecule has 0 spiro atoms. The van der Waals surface area contributed by atoms with Gasteiger partial charge in [0.2, 0.25) is 0 Å². The minimum absolute atomic E-state index is 0.147. The van der Waals surface area contributed by atoms with Gasteiger partial charge in [-0.1, -0.05) is 6.07 Å². The molecule has 0 amide bonds. The normalized spacial score (nSPS) is 12.7. The summed E-state index contributed by atoms with van der Waals surface area (Å²) in [6.45, 7) is 1.38. The fourth-order valence-electron chi connectivity index (χ4n) is 2.23. The van der Waals surface area contributed by atoms with Gasteiger partial charge in [0.1, 0.15) is 0 Å². The Kier molecular flexibility index (Phi) is 5.39. The van der Waals surface area contributed by atoms with E-state index in [0.29, 0.717) is 0 Å². The van der Waals surface area contributed by atoms with E-state index in [2.05, 4.69) is 0 Å². The lowest BCUT2D eigenvalue weighted by atomic mass is 10.1. The van der Waals surface area contributed by atoms with E-state index in [1.807, 2.05) is 0 Å². The van der Waals surface area contributed by atoms with Crippen LogP contribution in [0.1, 0.15) is 27.0 Å². The molecule has 0 aliphatic heterocycles. The Hall–Kier alpha value is -2.76. The van der Waals surface area contributed by atoms with E-state index in [9.17, 15) is 39.6 Å². The van der Waals surface area contributed by atoms with Gasteiger partial charge in [0.15, 0.2) is 0 Å². The third-order valence-electron chi connectivity index (χ3n) is 3.59. The van der Waals surface area contributed by atoms with E-state index in [1.54, 1.807) is 4.72 Å². The molecule has 0 bridgehead atoms. The van der Waals surface area contributed by atoms with Gasteiger partial charge in [0, 0.05) is 0 Å². The lowest BCUT2D eigenvalue weighted by Gasteiger charge is -2.15. The van der Waals surface area contributed by atoms with Crippen LogP contribution in [0.3, 0.4) is 0 Å². The molecule has 0 heterocycles. The van der Waals surface area contributed by atoms with Gasteiger partial charge in [-0.3, -0.25) is 4.72 Å². The number of rotatable bonds is 4. The van der Waals surface area contributed by atoms with Crippen molar-refractivity contribution in [2.75, 3.05) is 4.72 Å². The van der Waals surface area contributed by atoms with Gasteiger partial charge in [-0.2, -0.15) is 26.3 Å². The number of benzene rings is 2. The van der Waals surface area contributed by atoms with Crippen molar-refractivity contribution < 1.29 is 44.7 Å². The smallest absolute Gasteiger partial charge is 0.416 e. The number of sulfonamides is 1. The zero-order valence-electron chi connectivity index (χ0n) is 13.8. The van der Waals surface area contributed by atoms with Gasteiger partial charge in [-0.05, 0) is 42.8 Å². The summed E-state index contributed by atoms with van der Waals surface area (Å²) >= 11 is 0. The summed E-state index contributed by atoms with van der Waals surface area (Å²) in [5.74, 6) is -1.45. The van der Waals surface area contributed by atoms with Crippen molar-refractivity contribution in [1.29, 1.82) is 0 Å². The lowest BCUT2D eigenvalue weighted by Crippen LogP contribution is -2.17. The number of anilines is 1. The molecule has 0 saturated heterocycles. The molecule has 0 atom stereocenters. The quantitative estimate of drug-likeness (QED) is 0.703. The highest BCUT2D eigenvalue weighted by Gasteiger charge is 2.37. The first-order chi connectivity index (χ1) is 12.6. The number of halogens is 6. The molecule has 0 saturated carbocycles. The van der Waals surface area contributed by atoms with E-state index < -0.39 is 50.1 Å². The van der Waals surface area contributed by atoms with Gasteiger partial charge in [-0.15, -0.1) is 0 Å². The Balaban J connectivity index is 2.55. The fourth-order valence-corrected chi connectivity index (χ4v) is 3.29. The SMILES string of the molecule is Cc1ccc(S(=O)(=O)Nc2cc(C(F)(F)F)cc(C(F)(F)F)c2)cc1C(=O)O. The van der Waals surface area contributed by atoms with Crippen LogP contribution in [0.15, 0.2) is 41.3 Å². The van der Waals surface area contributed by atoms with Crippen LogP contribution in [0.4, 0.5) is 32.0 Å². The molecule has 0 radical (unpaired) electrons. The van der Waals surface area contributed by atoms with Gasteiger partial charge in [-0.25, -0.2) is 13.2 Å². The first-order valence-electron chi connectivity index (χ1n) is 7.27. The second kappa shape index (κ2) is 7.00. The Morgan fingerprint density at radius 1 is 0.929 bits per heavy atom. The van der Waals surface area contributed by atoms with Crippen molar-refractivity contribution in [3.8, 4) is 0 Å². The Morgan fingerprint density at radius 2 is 1.43 bits per heavy atom. The first-order valence-corrected chi connectivity index (χ1v) is 8.76. The summed E-state index contributed by atoms with van der Waals surface area (Å²) in [5, 5.41) is 9.03. The molecule has 152 valence electrons. The third kappa shape index (κ3) is 4.74. The number of hydrogen-bond donors (Lipinski definition) is 2. The Bertz CT molecular complexity index is 996. The summed E-state index contributed by atoms with van der Waals surface area (Å²) in [7, 11) is -4.66. The number of alkyl halides is 6. The average molecular weight is 427 g/mol. The maximum atomic E-state index is 12.9. The topological polar surface area (TPSA) is 83.5 Å². The second-order valence-corrected chi connectivity index (χ2v) is 7.36. The summed E-state index contributed by atoms with van der Waals surface area (Å²) in [5.41, 5.74) is -4.54. The Labute approximate surface area is 154 Å². The number of aromatic carboxylic acids is 1. The molecular formula is C16H11F6NO4S. The molecule has 2 N–H and O–H groups in total. The summed E-state index contributed by atoms with van der Waals surface area (Å²) in [4.78, 5) is 10.5. The molecule has 5 nitrogen and oxygen atoms in total. The predicted octanol–water partition coefficient (Wildman–Crippen LogP) is 4.53. The first kappa shape index (κ1) is 21.5. The van der Waals surface area contributed by atoms with Crippen LogP contribution < -0.4 is 4.72 Å². The summed E-state index contributed by atoms with van der Waals surface area (Å²) < 4.78 is 104. The van der Waals surface area contributed by atoms with Crippen molar-refractivity contribution in [2.45, 2.75) is 24.2 Å². The number of hydrogen-bond acceptors (Lipinski definition) is 3. The van der Waals surface area contributed by atoms with Gasteiger partial charge in [0.05, 0.1) is 27.3 Å². The van der Waals surface area contributed by atoms with Gasteiger partial charge in [0.25, 0.3) is 10.0 Å². The van der Waals surface area contributed by atoms with Gasteiger partial charge >= 0.3 is 18.3 Å². The van der Waals surface area contributed by atoms with Crippen LogP contribution >= 0.6 is 0 Å². The van der Waals surface area contributed by atoms with Gasteiger partial charge < -0.3 is 5.11 Å². The number of aryl methyl sites for hydroxylation is 1. The molecule has 0 aliphatic carbocycles. The largest absolute Gasteiger partial charge is 0.478 e. The molecule has 0 unspecified atom stereocenters. The van der Waals surface area contributed by atoms with E-state index >= 15 is 0 Å². The monoisotopic (exact) mass is 427 g/mol. The van der Waals surface area contributed by atoms with Crippen LogP contribution in [0, 0.1) is 6.92 Å². The van der Waals surface area contributed by atoms with E-state index in [4.69, 9.17) is 5.11 Å². The van der Waals surface area contributed by atoms with Crippen LogP contribution in [-0.4, -0.2) is 19.5 Å². The minimum Gasteiger partial charge on any atom is -0.478 e. The average Bonchev–Trinajstić information content (AvgIpc) is 2.52. The van der Waals surface area contributed by atoms with E-state index in [0.717, 1.165) is 18.2 Å². The third-order valence-corrected chi connectivity index (χ3v) is 4.97. The zero-order valence-corrected chi connectivity index (χ0v) is 14.6. The van der Waals surface area contributed by atoms with Crippen molar-refractivity contribution in [1.82, 2.24) is 0 Å².